The monoisotopic (exact) mass is 156 g/mol. The van der Waals surface area contributed by atoms with Crippen molar-refractivity contribution in [3.05, 3.63) is 11.5 Å². The van der Waals surface area contributed by atoms with Crippen LogP contribution in [0.15, 0.2) is 11.5 Å². The summed E-state index contributed by atoms with van der Waals surface area (Å²) in [7, 11) is 0. The summed E-state index contributed by atoms with van der Waals surface area (Å²) in [5, 5.41) is 2.54. The van der Waals surface area contributed by atoms with Crippen LogP contribution in [0.1, 0.15) is 0 Å². The topological polar surface area (TPSA) is 55.1 Å². The minimum atomic E-state index is -0.0214. The quantitative estimate of drug-likeness (QED) is 0.315. The van der Waals surface area contributed by atoms with Gasteiger partial charge in [-0.3, -0.25) is 10.2 Å². The Morgan fingerprint density at radius 2 is 2.50 bits per heavy atom. The van der Waals surface area contributed by atoms with E-state index in [4.69, 9.17) is 5.84 Å². The second kappa shape index (κ2) is 2.00. The van der Waals surface area contributed by atoms with Crippen molar-refractivity contribution in [3.63, 3.8) is 0 Å². The second-order valence-corrected chi connectivity index (χ2v) is 3.63. The lowest BCUT2D eigenvalue weighted by Gasteiger charge is -1.95. The van der Waals surface area contributed by atoms with E-state index in [0.29, 0.717) is 11.2 Å². The number of hydrazine groups is 1. The maximum atomic E-state index is 10.9. The van der Waals surface area contributed by atoms with Crippen LogP contribution in [-0.2, 0) is 4.79 Å². The molecule has 1 aliphatic heterocycles. The Morgan fingerprint density at radius 3 is 3.00 bits per heavy atom. The van der Waals surface area contributed by atoms with Gasteiger partial charge in [0.2, 0.25) is 5.91 Å². The van der Waals surface area contributed by atoms with Crippen molar-refractivity contribution in [1.82, 2.24) is 5.43 Å². The lowest BCUT2D eigenvalue weighted by atomic mass is 10.3. The van der Waals surface area contributed by atoms with Crippen LogP contribution in [0.2, 0.25) is 0 Å². The van der Waals surface area contributed by atoms with E-state index in [0.717, 1.165) is 0 Å². The van der Waals surface area contributed by atoms with E-state index in [9.17, 15) is 4.79 Å². The van der Waals surface area contributed by atoms with Crippen LogP contribution in [0.25, 0.3) is 0 Å². The van der Waals surface area contributed by atoms with Gasteiger partial charge in [0, 0.05) is 11.2 Å². The van der Waals surface area contributed by atoms with Gasteiger partial charge in [0.05, 0.1) is 5.92 Å². The van der Waals surface area contributed by atoms with Crippen LogP contribution in [0.5, 0.6) is 0 Å². The number of thioether (sulfide) groups is 1. The van der Waals surface area contributed by atoms with Crippen LogP contribution >= 0.6 is 11.8 Å². The molecule has 1 saturated carbocycles. The van der Waals surface area contributed by atoms with Crippen molar-refractivity contribution in [2.45, 2.75) is 5.25 Å². The molecule has 3 N–H and O–H groups in total. The molecule has 10 heavy (non-hydrogen) atoms. The van der Waals surface area contributed by atoms with Crippen molar-refractivity contribution >= 4 is 17.7 Å². The van der Waals surface area contributed by atoms with Crippen molar-refractivity contribution in [1.29, 1.82) is 0 Å². The molecule has 0 radical (unpaired) electrons. The Hall–Kier alpha value is -0.480. The molecule has 0 aromatic rings. The van der Waals surface area contributed by atoms with Crippen LogP contribution in [-0.4, -0.2) is 11.2 Å². The highest BCUT2D eigenvalue weighted by molar-refractivity contribution is 8.03. The summed E-state index contributed by atoms with van der Waals surface area (Å²) in [6.45, 7) is 0. The van der Waals surface area contributed by atoms with E-state index >= 15 is 0 Å². The summed E-state index contributed by atoms with van der Waals surface area (Å²) in [4.78, 5) is 10.9. The first-order valence-corrected chi connectivity index (χ1v) is 4.11. The molecule has 1 aliphatic carbocycles. The lowest BCUT2D eigenvalue weighted by molar-refractivity contribution is -0.122. The largest absolute Gasteiger partial charge is 0.294 e. The molecule has 0 bridgehead atoms. The summed E-state index contributed by atoms with van der Waals surface area (Å²) in [5.74, 6) is 5.58. The van der Waals surface area contributed by atoms with E-state index < -0.39 is 0 Å². The van der Waals surface area contributed by atoms with Gasteiger partial charge in [-0.2, -0.15) is 0 Å². The van der Waals surface area contributed by atoms with E-state index in [-0.39, 0.29) is 11.8 Å². The summed E-state index contributed by atoms with van der Waals surface area (Å²) >= 11 is 1.73. The minimum Gasteiger partial charge on any atom is -0.294 e. The first-order valence-electron chi connectivity index (χ1n) is 3.17. The molecule has 3 nitrogen and oxygen atoms in total. The third-order valence-electron chi connectivity index (χ3n) is 1.99. The standard InChI is InChI=1S/C6H8N2OS/c7-8-6(9)4-3-1-2-10-5(3)4/h1-5H,7H2,(H,8,9). The number of amides is 1. The van der Waals surface area contributed by atoms with Crippen LogP contribution < -0.4 is 11.3 Å². The van der Waals surface area contributed by atoms with E-state index in [1.165, 1.54) is 0 Å². The van der Waals surface area contributed by atoms with Gasteiger partial charge >= 0.3 is 0 Å². The Labute approximate surface area is 63.0 Å². The maximum absolute atomic E-state index is 10.9. The van der Waals surface area contributed by atoms with Crippen LogP contribution in [0, 0.1) is 11.8 Å². The van der Waals surface area contributed by atoms with Crippen LogP contribution in [0.3, 0.4) is 0 Å². The Morgan fingerprint density at radius 1 is 1.70 bits per heavy atom. The van der Waals surface area contributed by atoms with E-state index in [1.54, 1.807) is 11.8 Å². The second-order valence-electron chi connectivity index (χ2n) is 2.54. The Balaban J connectivity index is 2.01. The fraction of sp³-hybridized carbons (Fsp3) is 0.500. The third-order valence-corrected chi connectivity index (χ3v) is 3.22. The zero-order valence-corrected chi connectivity index (χ0v) is 6.10. The fourth-order valence-electron chi connectivity index (χ4n) is 1.36. The van der Waals surface area contributed by atoms with Gasteiger partial charge in [-0.25, -0.2) is 5.84 Å². The first-order chi connectivity index (χ1) is 4.84. The Kier molecular flexibility index (Phi) is 1.25. The molecule has 2 aliphatic rings. The molecular formula is C6H8N2OS. The number of rotatable bonds is 1. The normalized spacial score (nSPS) is 41.1. The number of nitrogens with one attached hydrogen (secondary N) is 1. The molecule has 4 heteroatoms. The molecule has 0 aromatic carbocycles. The number of carbonyl (C=O) groups is 1. The number of fused-ring (bicyclic) bond motifs is 1. The predicted molar refractivity (Wildman–Crippen MR) is 39.8 cm³/mol. The van der Waals surface area contributed by atoms with Gasteiger partial charge in [0.25, 0.3) is 0 Å². The average molecular weight is 156 g/mol. The van der Waals surface area contributed by atoms with Gasteiger partial charge in [-0.05, 0) is 5.41 Å². The van der Waals surface area contributed by atoms with Gasteiger partial charge in [-0.1, -0.05) is 6.08 Å². The number of hydrogen-bond acceptors (Lipinski definition) is 3. The smallest absolute Gasteiger partial charge is 0.238 e. The summed E-state index contributed by atoms with van der Waals surface area (Å²) in [6, 6.07) is 0. The molecule has 1 fully saturated rings. The van der Waals surface area contributed by atoms with Crippen molar-refractivity contribution in [2.75, 3.05) is 0 Å². The fourth-order valence-corrected chi connectivity index (χ4v) is 2.64. The molecule has 0 saturated heterocycles. The Bertz CT molecular complexity index is 204. The number of allylic oxidation sites excluding steroid dienone is 1. The average Bonchev–Trinajstić information content (AvgIpc) is 2.43. The van der Waals surface area contributed by atoms with Crippen molar-refractivity contribution in [3.8, 4) is 0 Å². The maximum Gasteiger partial charge on any atom is 0.238 e. The SMILES string of the molecule is NNC(=O)C1C2C=CSC21. The minimum absolute atomic E-state index is 0.0214. The summed E-state index contributed by atoms with van der Waals surface area (Å²) in [5.41, 5.74) is 2.17. The molecule has 2 rings (SSSR count). The highest BCUT2D eigenvalue weighted by Crippen LogP contribution is 2.54. The lowest BCUT2D eigenvalue weighted by Crippen LogP contribution is -2.32. The van der Waals surface area contributed by atoms with Crippen molar-refractivity contribution < 1.29 is 4.79 Å². The number of hydrogen-bond donors (Lipinski definition) is 2. The molecule has 0 spiro atoms. The summed E-state index contributed by atoms with van der Waals surface area (Å²) in [6.07, 6.45) is 2.08. The van der Waals surface area contributed by atoms with Crippen molar-refractivity contribution in [2.24, 2.45) is 17.7 Å². The molecule has 0 aromatic heterocycles. The number of carbonyl (C=O) groups excluding carboxylic acids is 1. The van der Waals surface area contributed by atoms with E-state index in [1.807, 2.05) is 0 Å². The first kappa shape index (κ1) is 6.24. The van der Waals surface area contributed by atoms with Crippen LogP contribution in [0.4, 0.5) is 0 Å². The summed E-state index contributed by atoms with van der Waals surface area (Å²) < 4.78 is 0. The molecule has 3 atom stereocenters. The zero-order valence-electron chi connectivity index (χ0n) is 5.28. The van der Waals surface area contributed by atoms with Gasteiger partial charge in [-0.15, -0.1) is 11.8 Å². The highest BCUT2D eigenvalue weighted by atomic mass is 32.2. The molecule has 54 valence electrons. The number of nitrogens with two attached hydrogens (primary N) is 1. The molecule has 1 heterocycles. The highest BCUT2D eigenvalue weighted by Gasteiger charge is 2.55. The zero-order chi connectivity index (χ0) is 7.14. The van der Waals surface area contributed by atoms with Gasteiger partial charge in [0.15, 0.2) is 0 Å². The molecule has 1 amide bonds. The van der Waals surface area contributed by atoms with Gasteiger partial charge < -0.3 is 0 Å². The third kappa shape index (κ3) is 0.690. The van der Waals surface area contributed by atoms with E-state index in [2.05, 4.69) is 16.9 Å². The predicted octanol–water partition coefficient (Wildman–Crippen LogP) is -0.149. The molecule has 3 unspecified atom stereocenters. The molecular weight excluding hydrogens is 148 g/mol. The van der Waals surface area contributed by atoms with Gasteiger partial charge in [0.1, 0.15) is 0 Å².